The molecule has 0 spiro atoms. The summed E-state index contributed by atoms with van der Waals surface area (Å²) in [6.07, 6.45) is -3.63. The van der Waals surface area contributed by atoms with Gasteiger partial charge in [-0.1, -0.05) is 48.0 Å². The number of carboxylic acid groups (broad SMARTS) is 1. The second-order valence-corrected chi connectivity index (χ2v) is 6.01. The third-order valence-electron chi connectivity index (χ3n) is 3.65. The molecule has 1 atom stereocenters. The van der Waals surface area contributed by atoms with E-state index in [1.54, 1.807) is 17.4 Å². The van der Waals surface area contributed by atoms with E-state index in [4.69, 9.17) is 26.7 Å². The van der Waals surface area contributed by atoms with Crippen LogP contribution in [0.15, 0.2) is 72.7 Å². The summed E-state index contributed by atoms with van der Waals surface area (Å²) in [5, 5.41) is 23.2. The van der Waals surface area contributed by atoms with Gasteiger partial charge in [0.2, 0.25) is 0 Å². The first-order chi connectivity index (χ1) is 18.2. The zero-order valence-electron chi connectivity index (χ0n) is 25.8. The van der Waals surface area contributed by atoms with Gasteiger partial charge >= 0.3 is 5.97 Å². The number of rotatable bonds is 9. The number of aliphatic hydroxyl groups is 1. The minimum atomic E-state index is -3.63. The van der Waals surface area contributed by atoms with Crippen molar-refractivity contribution in [2.45, 2.75) is 6.08 Å². The fourth-order valence-electron chi connectivity index (χ4n) is 2.34. The fourth-order valence-corrected chi connectivity index (χ4v) is 2.48. The molecule has 4 N–H and O–H groups in total. The highest BCUT2D eigenvalue weighted by Crippen LogP contribution is 2.23. The van der Waals surface area contributed by atoms with Crippen molar-refractivity contribution in [3.8, 4) is 11.1 Å². The molecule has 0 amide bonds. The predicted molar refractivity (Wildman–Crippen MR) is 117 cm³/mol. The Morgan fingerprint density at radius 1 is 1.17 bits per heavy atom. The molecule has 150 valence electrons. The van der Waals surface area contributed by atoms with E-state index in [1.165, 1.54) is 36.4 Å². The lowest BCUT2D eigenvalue weighted by atomic mass is 10.0. The maximum Gasteiger partial charge on any atom is 0.335 e. The van der Waals surface area contributed by atoms with Gasteiger partial charge in [0, 0.05) is 35.7 Å². The van der Waals surface area contributed by atoms with E-state index in [0.29, 0.717) is 11.1 Å². The summed E-state index contributed by atoms with van der Waals surface area (Å²) >= 11 is 5.80. The molecule has 0 bridgehead atoms. The second kappa shape index (κ2) is 10.1. The Morgan fingerprint density at radius 3 is 2.72 bits per heavy atom. The lowest BCUT2D eigenvalue weighted by molar-refractivity contribution is 0.0697. The zero-order valence-corrected chi connectivity index (χ0v) is 15.6. The molecule has 0 aliphatic carbocycles. The summed E-state index contributed by atoms with van der Waals surface area (Å²) in [5.74, 6) is -1.15. The van der Waals surface area contributed by atoms with Gasteiger partial charge in [0.1, 0.15) is 0 Å². The van der Waals surface area contributed by atoms with Crippen molar-refractivity contribution in [2.75, 3.05) is 24.8 Å². The Morgan fingerprint density at radius 2 is 1.93 bits per heavy atom. The van der Waals surface area contributed by atoms with Crippen molar-refractivity contribution >= 4 is 23.3 Å². The summed E-state index contributed by atoms with van der Waals surface area (Å²) in [6.45, 7) is -10.1. The highest BCUT2D eigenvalue weighted by atomic mass is 35.5. The SMILES string of the molecule is [2H]c1c([2H])c(Cl)c([2H])c([C@]([2H])(O)C([2H])([2H])NC([2H])([2H])C([2H])([2H])Nc2cccc(-c3cccc(C(=O)O)c3)c2)c1[2H]. The second-order valence-electron chi connectivity index (χ2n) is 5.63. The Hall–Kier alpha value is -2.86. The molecule has 0 heterocycles. The summed E-state index contributed by atoms with van der Waals surface area (Å²) < 4.78 is 89.0. The van der Waals surface area contributed by atoms with Gasteiger partial charge < -0.3 is 20.8 Å². The van der Waals surface area contributed by atoms with Crippen LogP contribution < -0.4 is 10.6 Å². The van der Waals surface area contributed by atoms with Crippen LogP contribution >= 0.6 is 11.6 Å². The Kier molecular flexibility index (Phi) is 3.75. The molecule has 0 aliphatic rings. The molecule has 5 nitrogen and oxygen atoms in total. The first-order valence-electron chi connectivity index (χ1n) is 13.7. The molecule has 3 rings (SSSR count). The lowest BCUT2D eigenvalue weighted by Gasteiger charge is -2.13. The van der Waals surface area contributed by atoms with Gasteiger partial charge in [-0.25, -0.2) is 4.79 Å². The van der Waals surface area contributed by atoms with E-state index in [0.717, 1.165) is 0 Å². The average Bonchev–Trinajstić information content (AvgIpc) is 2.85. The molecule has 0 saturated heterocycles. The Balaban J connectivity index is 1.93. The molecule has 0 unspecified atom stereocenters. The summed E-state index contributed by atoms with van der Waals surface area (Å²) in [7, 11) is 0. The van der Waals surface area contributed by atoms with E-state index in [9.17, 15) is 15.0 Å². The van der Waals surface area contributed by atoms with Crippen LogP contribution in [-0.4, -0.2) is 35.7 Å². The predicted octanol–water partition coefficient (Wildman–Crippen LogP) is 4.44. The minimum Gasteiger partial charge on any atom is -0.478 e. The molecule has 0 radical (unpaired) electrons. The molecule has 0 aliphatic heterocycles. The third kappa shape index (κ3) is 6.06. The van der Waals surface area contributed by atoms with E-state index in [1.807, 2.05) is 0 Å². The van der Waals surface area contributed by atoms with E-state index in [2.05, 4.69) is 5.32 Å². The Labute approximate surface area is 190 Å². The van der Waals surface area contributed by atoms with E-state index in [-0.39, 0.29) is 11.3 Å². The van der Waals surface area contributed by atoms with Crippen LogP contribution in [0.25, 0.3) is 11.1 Å². The standard InChI is InChI=1S/C23H23ClN2O3/c24-20-8-2-6-18(13-20)22(27)15-25-10-11-26-21-9-3-5-17(14-21)16-4-1-7-19(12-16)23(28)29/h1-9,12-14,22,25-27H,10-11,15H2,(H,28,29)/t22-/m1/s1/i2D,6D,8D,10D2,11D2,13D,15D2,22D. The van der Waals surface area contributed by atoms with Crippen molar-refractivity contribution < 1.29 is 30.1 Å². The number of hydrogen-bond acceptors (Lipinski definition) is 4. The van der Waals surface area contributed by atoms with Crippen LogP contribution in [0, 0.1) is 0 Å². The molecule has 0 saturated carbocycles. The lowest BCUT2D eigenvalue weighted by Crippen LogP contribution is -2.26. The van der Waals surface area contributed by atoms with Gasteiger partial charge in [0.05, 0.1) is 21.2 Å². The van der Waals surface area contributed by atoms with Gasteiger partial charge in [-0.3, -0.25) is 0 Å². The molecule has 0 fully saturated rings. The maximum atomic E-state index is 11.3. The molecular weight excluding hydrogens is 388 g/mol. The van der Waals surface area contributed by atoms with Gasteiger partial charge in [-0.15, -0.1) is 0 Å². The summed E-state index contributed by atoms with van der Waals surface area (Å²) in [6, 6.07) is 8.13. The maximum absolute atomic E-state index is 11.3. The van der Waals surface area contributed by atoms with Crippen LogP contribution in [0.4, 0.5) is 5.69 Å². The van der Waals surface area contributed by atoms with Crippen molar-refractivity contribution in [2.24, 2.45) is 0 Å². The molecule has 0 aromatic heterocycles. The number of halogens is 1. The topological polar surface area (TPSA) is 81.6 Å². The van der Waals surface area contributed by atoms with Crippen molar-refractivity contribution in [3.63, 3.8) is 0 Å². The number of aromatic carboxylic acids is 1. The van der Waals surface area contributed by atoms with Gasteiger partial charge in [-0.05, 0) is 53.0 Å². The quantitative estimate of drug-likeness (QED) is 0.410. The number of carbonyl (C=O) groups is 1. The van der Waals surface area contributed by atoms with Crippen LogP contribution in [-0.2, 0) is 0 Å². The highest BCUT2D eigenvalue weighted by Gasteiger charge is 2.07. The molecule has 3 aromatic carbocycles. The first-order valence-corrected chi connectivity index (χ1v) is 8.61. The monoisotopic (exact) mass is 421 g/mol. The van der Waals surface area contributed by atoms with Crippen LogP contribution in [0.2, 0.25) is 5.02 Å². The highest BCUT2D eigenvalue weighted by molar-refractivity contribution is 6.30. The average molecular weight is 422 g/mol. The summed E-state index contributed by atoms with van der Waals surface area (Å²) in [5.41, 5.74) is -0.144. The number of anilines is 1. The van der Waals surface area contributed by atoms with Crippen molar-refractivity contribution in [1.82, 2.24) is 5.32 Å². The first kappa shape index (κ1) is 10.8. The van der Waals surface area contributed by atoms with Gasteiger partial charge in [-0.2, -0.15) is 0 Å². The molecule has 3 aromatic rings. The van der Waals surface area contributed by atoms with Crippen LogP contribution in [0.3, 0.4) is 0 Å². The normalized spacial score (nSPS) is 19.9. The molecule has 29 heavy (non-hydrogen) atoms. The third-order valence-corrected chi connectivity index (χ3v) is 3.84. The largest absolute Gasteiger partial charge is 0.478 e. The molecule has 6 heteroatoms. The number of nitrogens with one attached hydrogen (secondary N) is 2. The number of carboxylic acids is 1. The number of hydrogen-bond donors (Lipinski definition) is 4. The van der Waals surface area contributed by atoms with Crippen molar-refractivity contribution in [1.29, 1.82) is 0 Å². The minimum absolute atomic E-state index is 0.0136. The molecular formula is C23H23ClN2O3. The smallest absolute Gasteiger partial charge is 0.335 e. The van der Waals surface area contributed by atoms with E-state index >= 15 is 0 Å². The Bertz CT molecular complexity index is 1440. The van der Waals surface area contributed by atoms with Crippen molar-refractivity contribution in [3.05, 3.63) is 88.9 Å². The summed E-state index contributed by atoms with van der Waals surface area (Å²) in [4.78, 5) is 11.3. The fraction of sp³-hybridized carbons (Fsp3) is 0.174. The van der Waals surface area contributed by atoms with Crippen LogP contribution in [0.5, 0.6) is 0 Å². The van der Waals surface area contributed by atoms with E-state index < -0.39 is 66.3 Å². The van der Waals surface area contributed by atoms with Gasteiger partial charge in [0.15, 0.2) is 0 Å². The van der Waals surface area contributed by atoms with Gasteiger partial charge in [0.25, 0.3) is 0 Å². The zero-order chi connectivity index (χ0) is 30.4. The van der Waals surface area contributed by atoms with Crippen LogP contribution in [0.1, 0.15) is 37.1 Å². The number of benzene rings is 3.